The Labute approximate surface area is 129 Å². The fraction of sp³-hybridized carbons (Fsp3) is 0.667. The summed E-state index contributed by atoms with van der Waals surface area (Å²) in [5, 5.41) is 3.69. The van der Waals surface area contributed by atoms with Crippen LogP contribution in [0.1, 0.15) is 39.5 Å². The van der Waals surface area contributed by atoms with Crippen LogP contribution in [0.2, 0.25) is 0 Å². The normalized spacial score (nSPS) is 21.3. The maximum Gasteiger partial charge on any atom is 0.121 e. The molecule has 1 unspecified atom stereocenters. The molecule has 1 aromatic rings. The zero-order chi connectivity index (χ0) is 15.3. The van der Waals surface area contributed by atoms with Gasteiger partial charge in [-0.25, -0.2) is 0 Å². The number of nitrogens with one attached hydrogen (secondary N) is 1. The molecule has 0 aliphatic heterocycles. The van der Waals surface area contributed by atoms with E-state index in [0.29, 0.717) is 11.5 Å². The number of hydrogen-bond donors (Lipinski definition) is 1. The maximum absolute atomic E-state index is 5.81. The second-order valence-electron chi connectivity index (χ2n) is 7.28. The Kier molecular flexibility index (Phi) is 5.51. The van der Waals surface area contributed by atoms with E-state index in [1.165, 1.54) is 31.4 Å². The molecule has 1 aliphatic carbocycles. The van der Waals surface area contributed by atoms with E-state index in [4.69, 9.17) is 4.74 Å². The molecule has 1 N–H and O–H groups in total. The second-order valence-corrected chi connectivity index (χ2v) is 7.28. The Balaban J connectivity index is 1.88. The van der Waals surface area contributed by atoms with Crippen LogP contribution in [-0.2, 0) is 0 Å². The summed E-state index contributed by atoms with van der Waals surface area (Å²) in [5.74, 6) is 0.955. The molecule has 118 valence electrons. The van der Waals surface area contributed by atoms with Gasteiger partial charge in [0.2, 0.25) is 0 Å². The number of nitrogens with zero attached hydrogens (tertiary/aromatic N) is 1. The van der Waals surface area contributed by atoms with Gasteiger partial charge in [0, 0.05) is 24.3 Å². The van der Waals surface area contributed by atoms with Crippen molar-refractivity contribution in [2.75, 3.05) is 32.6 Å². The van der Waals surface area contributed by atoms with Gasteiger partial charge in [-0.2, -0.15) is 0 Å². The summed E-state index contributed by atoms with van der Waals surface area (Å²) in [6.07, 6.45) is 5.19. The number of likely N-dealkylation sites (N-methyl/N-ethyl adjacent to an activating group) is 1. The van der Waals surface area contributed by atoms with E-state index < -0.39 is 0 Å². The lowest BCUT2D eigenvalue weighted by atomic mass is 9.75. The van der Waals surface area contributed by atoms with E-state index >= 15 is 0 Å². The largest absolute Gasteiger partial charge is 0.492 e. The molecule has 3 heteroatoms. The first-order valence-corrected chi connectivity index (χ1v) is 8.09. The minimum Gasteiger partial charge on any atom is -0.492 e. The third kappa shape index (κ3) is 5.58. The van der Waals surface area contributed by atoms with E-state index in [9.17, 15) is 0 Å². The van der Waals surface area contributed by atoms with Crippen molar-refractivity contribution in [3.8, 4) is 5.75 Å². The number of rotatable bonds is 6. The lowest BCUT2D eigenvalue weighted by molar-refractivity contribution is 0.229. The van der Waals surface area contributed by atoms with E-state index in [0.717, 1.165) is 18.9 Å². The summed E-state index contributed by atoms with van der Waals surface area (Å²) < 4.78 is 5.81. The molecule has 1 fully saturated rings. The van der Waals surface area contributed by atoms with Crippen LogP contribution in [-0.4, -0.2) is 38.2 Å². The molecule has 1 aromatic carbocycles. The average molecular weight is 290 g/mol. The Morgan fingerprint density at radius 1 is 1.33 bits per heavy atom. The van der Waals surface area contributed by atoms with E-state index in [1.807, 2.05) is 6.07 Å². The lowest BCUT2D eigenvalue weighted by Crippen LogP contribution is -2.31. The molecule has 3 nitrogen and oxygen atoms in total. The maximum atomic E-state index is 5.81. The van der Waals surface area contributed by atoms with Gasteiger partial charge in [-0.05, 0) is 50.9 Å². The van der Waals surface area contributed by atoms with Crippen molar-refractivity contribution in [2.24, 2.45) is 5.41 Å². The molecule has 0 bridgehead atoms. The van der Waals surface area contributed by atoms with Crippen LogP contribution < -0.4 is 10.1 Å². The van der Waals surface area contributed by atoms with E-state index in [1.54, 1.807) is 0 Å². The Morgan fingerprint density at radius 2 is 2.14 bits per heavy atom. The third-order valence-corrected chi connectivity index (χ3v) is 4.22. The molecule has 0 amide bonds. The fourth-order valence-electron chi connectivity index (χ4n) is 3.08. The van der Waals surface area contributed by atoms with Crippen LogP contribution in [0.15, 0.2) is 24.3 Å². The highest BCUT2D eigenvalue weighted by atomic mass is 16.5. The lowest BCUT2D eigenvalue weighted by Gasteiger charge is -2.36. The fourth-order valence-corrected chi connectivity index (χ4v) is 3.08. The van der Waals surface area contributed by atoms with Gasteiger partial charge >= 0.3 is 0 Å². The molecular weight excluding hydrogens is 260 g/mol. The highest BCUT2D eigenvalue weighted by Crippen LogP contribution is 2.36. The van der Waals surface area contributed by atoms with Gasteiger partial charge < -0.3 is 15.0 Å². The molecule has 1 saturated carbocycles. The van der Waals surface area contributed by atoms with Crippen molar-refractivity contribution in [2.45, 2.75) is 45.6 Å². The summed E-state index contributed by atoms with van der Waals surface area (Å²) in [5.41, 5.74) is 1.65. The predicted molar refractivity (Wildman–Crippen MR) is 90.2 cm³/mol. The summed E-state index contributed by atoms with van der Waals surface area (Å²) in [7, 11) is 4.12. The topological polar surface area (TPSA) is 24.5 Å². The first-order chi connectivity index (χ1) is 9.94. The summed E-state index contributed by atoms with van der Waals surface area (Å²) in [6, 6.07) is 8.95. The molecule has 1 aliphatic rings. The van der Waals surface area contributed by atoms with E-state index in [2.05, 4.69) is 56.4 Å². The number of benzene rings is 1. The molecule has 0 radical (unpaired) electrons. The SMILES string of the molecule is CN(C)CCOc1cccc(NC2CCCC(C)(C)C2)c1. The number of ether oxygens (including phenoxy) is 1. The molecule has 1 atom stereocenters. The standard InChI is InChI=1S/C18H30N2O/c1-18(2)10-6-8-16(14-18)19-15-7-5-9-17(13-15)21-12-11-20(3)4/h5,7,9,13,16,19H,6,8,10-12,14H2,1-4H3. The molecule has 0 saturated heterocycles. The molecule has 0 aromatic heterocycles. The van der Waals surface area contributed by atoms with Crippen LogP contribution in [0.25, 0.3) is 0 Å². The summed E-state index contributed by atoms with van der Waals surface area (Å²) in [4.78, 5) is 2.13. The number of anilines is 1. The molecule has 0 heterocycles. The highest BCUT2D eigenvalue weighted by molar-refractivity contribution is 5.49. The quantitative estimate of drug-likeness (QED) is 0.857. The third-order valence-electron chi connectivity index (χ3n) is 4.22. The van der Waals surface area contributed by atoms with Crippen molar-refractivity contribution in [1.29, 1.82) is 0 Å². The Morgan fingerprint density at radius 3 is 2.86 bits per heavy atom. The first-order valence-electron chi connectivity index (χ1n) is 8.09. The first kappa shape index (κ1) is 16.2. The highest BCUT2D eigenvalue weighted by Gasteiger charge is 2.27. The zero-order valence-corrected chi connectivity index (χ0v) is 14.0. The molecular formula is C18H30N2O. The monoisotopic (exact) mass is 290 g/mol. The Hall–Kier alpha value is -1.22. The van der Waals surface area contributed by atoms with Crippen LogP contribution >= 0.6 is 0 Å². The molecule has 0 spiro atoms. The van der Waals surface area contributed by atoms with Gasteiger partial charge in [0.1, 0.15) is 12.4 Å². The summed E-state index contributed by atoms with van der Waals surface area (Å²) >= 11 is 0. The predicted octanol–water partition coefficient (Wildman–Crippen LogP) is 4.01. The van der Waals surface area contributed by atoms with Gasteiger partial charge in [0.05, 0.1) is 0 Å². The van der Waals surface area contributed by atoms with Gasteiger partial charge in [0.25, 0.3) is 0 Å². The number of hydrogen-bond acceptors (Lipinski definition) is 3. The van der Waals surface area contributed by atoms with Crippen molar-refractivity contribution in [1.82, 2.24) is 4.90 Å². The van der Waals surface area contributed by atoms with Crippen molar-refractivity contribution in [3.63, 3.8) is 0 Å². The molecule has 21 heavy (non-hydrogen) atoms. The summed E-state index contributed by atoms with van der Waals surface area (Å²) in [6.45, 7) is 6.42. The average Bonchev–Trinajstić information content (AvgIpc) is 2.37. The van der Waals surface area contributed by atoms with Crippen LogP contribution in [0.3, 0.4) is 0 Å². The van der Waals surface area contributed by atoms with E-state index in [-0.39, 0.29) is 0 Å². The van der Waals surface area contributed by atoms with Gasteiger partial charge in [-0.3, -0.25) is 0 Å². The van der Waals surface area contributed by atoms with Crippen LogP contribution in [0.5, 0.6) is 5.75 Å². The van der Waals surface area contributed by atoms with Crippen LogP contribution in [0.4, 0.5) is 5.69 Å². The van der Waals surface area contributed by atoms with Gasteiger partial charge in [0.15, 0.2) is 0 Å². The minimum atomic E-state index is 0.468. The van der Waals surface area contributed by atoms with Crippen LogP contribution in [0, 0.1) is 5.41 Å². The smallest absolute Gasteiger partial charge is 0.121 e. The van der Waals surface area contributed by atoms with Gasteiger partial charge in [-0.15, -0.1) is 0 Å². The zero-order valence-electron chi connectivity index (χ0n) is 14.0. The minimum absolute atomic E-state index is 0.468. The van der Waals surface area contributed by atoms with Crippen molar-refractivity contribution < 1.29 is 4.74 Å². The molecule has 2 rings (SSSR count). The Bertz CT molecular complexity index is 443. The second kappa shape index (κ2) is 7.17. The van der Waals surface area contributed by atoms with Gasteiger partial charge in [-0.1, -0.05) is 26.3 Å². The van der Waals surface area contributed by atoms with Crippen molar-refractivity contribution >= 4 is 5.69 Å². The van der Waals surface area contributed by atoms with Crippen molar-refractivity contribution in [3.05, 3.63) is 24.3 Å².